The Kier molecular flexibility index (Phi) is 6.01. The highest BCUT2D eigenvalue weighted by molar-refractivity contribution is 5.01. The topological polar surface area (TPSA) is 37.8 Å². The number of nitrogens with zero attached hydrogens (tertiary/aromatic N) is 2. The second kappa shape index (κ2) is 7.34. The molecule has 0 aromatic carbocycles. The van der Waals surface area contributed by atoms with E-state index in [2.05, 4.69) is 36.1 Å². The minimum absolute atomic E-state index is 0.568. The van der Waals surface area contributed by atoms with E-state index in [4.69, 9.17) is 0 Å². The maximum absolute atomic E-state index is 4.00. The van der Waals surface area contributed by atoms with Crippen molar-refractivity contribution in [3.05, 3.63) is 24.3 Å². The molecule has 0 saturated carbocycles. The molecule has 3 heteroatoms. The van der Waals surface area contributed by atoms with E-state index < -0.39 is 0 Å². The van der Waals surface area contributed by atoms with Crippen LogP contribution in [-0.2, 0) is 6.54 Å². The lowest BCUT2D eigenvalue weighted by Gasteiger charge is -2.14. The van der Waals surface area contributed by atoms with Crippen LogP contribution in [0, 0.1) is 5.92 Å². The summed E-state index contributed by atoms with van der Waals surface area (Å²) in [5, 5.41) is 3.49. The van der Waals surface area contributed by atoms with E-state index in [0.717, 1.165) is 18.0 Å². The van der Waals surface area contributed by atoms with Crippen LogP contribution in [0.5, 0.6) is 0 Å². The molecule has 0 aliphatic carbocycles. The monoisotopic (exact) mass is 221 g/mol. The van der Waals surface area contributed by atoms with E-state index in [1.54, 1.807) is 6.33 Å². The molecule has 16 heavy (non-hydrogen) atoms. The first-order chi connectivity index (χ1) is 7.68. The molecule has 90 valence electrons. The van der Waals surface area contributed by atoms with Crippen LogP contribution in [0.15, 0.2) is 18.7 Å². The Morgan fingerprint density at radius 2 is 1.81 bits per heavy atom. The van der Waals surface area contributed by atoms with Crippen LogP contribution in [0.25, 0.3) is 0 Å². The van der Waals surface area contributed by atoms with Gasteiger partial charge >= 0.3 is 0 Å². The van der Waals surface area contributed by atoms with Gasteiger partial charge < -0.3 is 5.32 Å². The first-order valence-corrected chi connectivity index (χ1v) is 6.15. The zero-order valence-corrected chi connectivity index (χ0v) is 10.6. The molecule has 0 aliphatic rings. The van der Waals surface area contributed by atoms with E-state index in [-0.39, 0.29) is 0 Å². The Morgan fingerprint density at radius 1 is 1.12 bits per heavy atom. The summed E-state index contributed by atoms with van der Waals surface area (Å²) in [5.74, 6) is 0.815. The van der Waals surface area contributed by atoms with Gasteiger partial charge in [-0.15, -0.1) is 0 Å². The van der Waals surface area contributed by atoms with Crippen molar-refractivity contribution in [2.75, 3.05) is 0 Å². The van der Waals surface area contributed by atoms with Gasteiger partial charge in [-0.25, -0.2) is 9.97 Å². The molecule has 0 bridgehead atoms. The van der Waals surface area contributed by atoms with Gasteiger partial charge in [0.2, 0.25) is 0 Å². The Labute approximate surface area is 98.7 Å². The molecule has 1 unspecified atom stereocenters. The summed E-state index contributed by atoms with van der Waals surface area (Å²) < 4.78 is 0. The minimum atomic E-state index is 0.568. The molecule has 1 atom stereocenters. The Hall–Kier alpha value is -0.960. The molecule has 0 amide bonds. The molecule has 1 aromatic rings. The second-order valence-corrected chi connectivity index (χ2v) is 4.85. The summed E-state index contributed by atoms with van der Waals surface area (Å²) >= 11 is 0. The highest BCUT2D eigenvalue weighted by atomic mass is 14.9. The average Bonchev–Trinajstić information content (AvgIpc) is 2.27. The van der Waals surface area contributed by atoms with E-state index >= 15 is 0 Å². The maximum atomic E-state index is 4.00. The maximum Gasteiger partial charge on any atom is 0.115 e. The molecule has 1 aromatic heterocycles. The summed E-state index contributed by atoms with van der Waals surface area (Å²) in [6.07, 6.45) is 9.15. The van der Waals surface area contributed by atoms with Crippen molar-refractivity contribution in [2.45, 2.75) is 52.6 Å². The molecule has 3 nitrogen and oxygen atoms in total. The fraction of sp³-hybridized carbons (Fsp3) is 0.692. The average molecular weight is 221 g/mol. The highest BCUT2D eigenvalue weighted by Crippen LogP contribution is 2.08. The van der Waals surface area contributed by atoms with Crippen molar-refractivity contribution in [2.24, 2.45) is 5.92 Å². The van der Waals surface area contributed by atoms with Crippen molar-refractivity contribution < 1.29 is 0 Å². The van der Waals surface area contributed by atoms with E-state index in [9.17, 15) is 0 Å². The number of nitrogens with one attached hydrogen (secondary N) is 1. The molecule has 1 heterocycles. The molecule has 0 saturated heterocycles. The number of rotatable bonds is 7. The normalized spacial score (nSPS) is 13.0. The zero-order valence-electron chi connectivity index (χ0n) is 10.6. The predicted molar refractivity (Wildman–Crippen MR) is 67.0 cm³/mol. The molecule has 0 fully saturated rings. The fourth-order valence-electron chi connectivity index (χ4n) is 1.65. The number of hydrogen-bond donors (Lipinski definition) is 1. The van der Waals surface area contributed by atoms with Crippen molar-refractivity contribution in [3.63, 3.8) is 0 Å². The van der Waals surface area contributed by atoms with Crippen LogP contribution < -0.4 is 5.32 Å². The van der Waals surface area contributed by atoms with Crippen LogP contribution in [0.2, 0.25) is 0 Å². The van der Waals surface area contributed by atoms with Crippen LogP contribution in [0.1, 0.15) is 45.6 Å². The van der Waals surface area contributed by atoms with Gasteiger partial charge in [0, 0.05) is 30.5 Å². The summed E-state index contributed by atoms with van der Waals surface area (Å²) in [6.45, 7) is 7.66. The van der Waals surface area contributed by atoms with Crippen LogP contribution >= 0.6 is 0 Å². The lowest BCUT2D eigenvalue weighted by molar-refractivity contribution is 0.456. The van der Waals surface area contributed by atoms with Crippen molar-refractivity contribution >= 4 is 0 Å². The first kappa shape index (κ1) is 13.1. The molecule has 1 N–H and O–H groups in total. The molecule has 0 radical (unpaired) electrons. The highest BCUT2D eigenvalue weighted by Gasteiger charge is 2.02. The van der Waals surface area contributed by atoms with E-state index in [1.165, 1.54) is 19.3 Å². The molecular weight excluding hydrogens is 198 g/mol. The van der Waals surface area contributed by atoms with Gasteiger partial charge in [-0.1, -0.05) is 26.7 Å². The third-order valence-corrected chi connectivity index (χ3v) is 2.69. The predicted octanol–water partition coefficient (Wildman–Crippen LogP) is 2.78. The first-order valence-electron chi connectivity index (χ1n) is 6.15. The van der Waals surface area contributed by atoms with E-state index in [1.807, 2.05) is 12.4 Å². The minimum Gasteiger partial charge on any atom is -0.310 e. The molecule has 0 spiro atoms. The summed E-state index contributed by atoms with van der Waals surface area (Å²) in [5.41, 5.74) is 1.15. The van der Waals surface area contributed by atoms with Gasteiger partial charge in [-0.05, 0) is 19.3 Å². The van der Waals surface area contributed by atoms with Crippen LogP contribution in [0.3, 0.4) is 0 Å². The quantitative estimate of drug-likeness (QED) is 0.769. The fourth-order valence-corrected chi connectivity index (χ4v) is 1.65. The third-order valence-electron chi connectivity index (χ3n) is 2.69. The van der Waals surface area contributed by atoms with Gasteiger partial charge in [0.15, 0.2) is 0 Å². The SMILES string of the molecule is CC(C)CCCC(C)NCc1cncnc1. The van der Waals surface area contributed by atoms with Crippen LogP contribution in [0.4, 0.5) is 0 Å². The number of hydrogen-bond acceptors (Lipinski definition) is 3. The molecule has 1 rings (SSSR count). The van der Waals surface area contributed by atoms with Crippen molar-refractivity contribution in [1.82, 2.24) is 15.3 Å². The lowest BCUT2D eigenvalue weighted by atomic mass is 10.0. The third kappa shape index (κ3) is 5.81. The van der Waals surface area contributed by atoms with E-state index in [0.29, 0.717) is 6.04 Å². The molecular formula is C13H23N3. The standard InChI is InChI=1S/C13H23N3/c1-11(2)5-4-6-12(3)16-9-13-7-14-10-15-8-13/h7-8,10-12,16H,4-6,9H2,1-3H3. The summed E-state index contributed by atoms with van der Waals surface area (Å²) in [7, 11) is 0. The Morgan fingerprint density at radius 3 is 2.44 bits per heavy atom. The number of aromatic nitrogens is 2. The smallest absolute Gasteiger partial charge is 0.115 e. The van der Waals surface area contributed by atoms with Gasteiger partial charge in [0.05, 0.1) is 0 Å². The Bertz CT molecular complexity index is 272. The van der Waals surface area contributed by atoms with Gasteiger partial charge in [-0.2, -0.15) is 0 Å². The largest absolute Gasteiger partial charge is 0.310 e. The zero-order chi connectivity index (χ0) is 11.8. The van der Waals surface area contributed by atoms with Gasteiger partial charge in [-0.3, -0.25) is 0 Å². The van der Waals surface area contributed by atoms with Gasteiger partial charge in [0.25, 0.3) is 0 Å². The van der Waals surface area contributed by atoms with Crippen molar-refractivity contribution in [3.8, 4) is 0 Å². The van der Waals surface area contributed by atoms with Gasteiger partial charge in [0.1, 0.15) is 6.33 Å². The molecule has 0 aliphatic heterocycles. The lowest BCUT2D eigenvalue weighted by Crippen LogP contribution is -2.25. The Balaban J connectivity index is 2.13. The summed E-state index contributed by atoms with van der Waals surface area (Å²) in [6, 6.07) is 0.568. The van der Waals surface area contributed by atoms with Crippen molar-refractivity contribution in [1.29, 1.82) is 0 Å². The second-order valence-electron chi connectivity index (χ2n) is 4.85. The summed E-state index contributed by atoms with van der Waals surface area (Å²) in [4.78, 5) is 7.99. The van der Waals surface area contributed by atoms with Crippen LogP contribution in [-0.4, -0.2) is 16.0 Å².